The van der Waals surface area contributed by atoms with Gasteiger partial charge in [-0.25, -0.2) is 4.98 Å². The number of carbonyl (C=O) groups excluding carboxylic acids is 2. The lowest BCUT2D eigenvalue weighted by atomic mass is 9.94. The van der Waals surface area contributed by atoms with E-state index in [1.54, 1.807) is 37.1 Å². The van der Waals surface area contributed by atoms with Gasteiger partial charge in [0.05, 0.1) is 49.6 Å². The van der Waals surface area contributed by atoms with Crippen molar-refractivity contribution in [2.45, 2.75) is 13.0 Å². The van der Waals surface area contributed by atoms with Crippen molar-refractivity contribution in [2.24, 2.45) is 0 Å². The Balaban J connectivity index is 1.53. The van der Waals surface area contributed by atoms with Gasteiger partial charge in [-0.05, 0) is 24.6 Å². The maximum absolute atomic E-state index is 14.1. The number of ether oxygens (including phenoxy) is 3. The predicted octanol–water partition coefficient (Wildman–Crippen LogP) is 4.05. The molecule has 5 rings (SSSR count). The second kappa shape index (κ2) is 11.6. The van der Waals surface area contributed by atoms with Gasteiger partial charge >= 0.3 is 0 Å². The first-order valence-corrected chi connectivity index (χ1v) is 13.6. The second-order valence-electron chi connectivity index (χ2n) is 9.36. The highest BCUT2D eigenvalue weighted by atomic mass is 32.1. The van der Waals surface area contributed by atoms with Crippen molar-refractivity contribution in [3.63, 3.8) is 0 Å². The molecule has 1 fully saturated rings. The molecule has 1 aromatic heterocycles. The number of amides is 1. The Morgan fingerprint density at radius 2 is 1.79 bits per heavy atom. The minimum absolute atomic E-state index is 0.0422. The number of hydrogen-bond donors (Lipinski definition) is 1. The van der Waals surface area contributed by atoms with E-state index >= 15 is 0 Å². The third-order valence-corrected chi connectivity index (χ3v) is 8.26. The molecule has 2 aliphatic rings. The number of aliphatic hydroxyl groups is 1. The second-order valence-corrected chi connectivity index (χ2v) is 10.4. The quantitative estimate of drug-likeness (QED) is 0.399. The molecule has 1 saturated heterocycles. The van der Waals surface area contributed by atoms with E-state index in [1.807, 2.05) is 30.3 Å². The summed E-state index contributed by atoms with van der Waals surface area (Å²) in [5.41, 5.74) is 2.13. The number of ketones is 1. The van der Waals surface area contributed by atoms with Crippen LogP contribution in [0.3, 0.4) is 0 Å². The molecule has 1 N–H and O–H groups in total. The van der Waals surface area contributed by atoms with Crippen LogP contribution in [0.5, 0.6) is 11.5 Å². The van der Waals surface area contributed by atoms with Crippen molar-refractivity contribution < 1.29 is 28.9 Å². The largest absolute Gasteiger partial charge is 0.503 e. The lowest BCUT2D eigenvalue weighted by Gasteiger charge is -2.31. The van der Waals surface area contributed by atoms with Crippen molar-refractivity contribution in [2.75, 3.05) is 53.6 Å². The number of aromatic nitrogens is 1. The van der Waals surface area contributed by atoms with E-state index in [2.05, 4.69) is 9.88 Å². The minimum atomic E-state index is -0.799. The molecule has 1 atom stereocenters. The third-order valence-electron chi connectivity index (χ3n) is 7.06. The summed E-state index contributed by atoms with van der Waals surface area (Å²) in [5, 5.41) is 11.8. The van der Waals surface area contributed by atoms with Crippen molar-refractivity contribution in [1.29, 1.82) is 0 Å². The number of thiazole rings is 1. The molecule has 0 aliphatic carbocycles. The molecule has 3 aromatic rings. The minimum Gasteiger partial charge on any atom is -0.503 e. The number of hydrogen-bond acceptors (Lipinski definition) is 9. The molecule has 9 nitrogen and oxygen atoms in total. The normalized spacial score (nSPS) is 18.1. The number of rotatable bonds is 9. The van der Waals surface area contributed by atoms with E-state index in [0.717, 1.165) is 18.7 Å². The summed E-state index contributed by atoms with van der Waals surface area (Å²) >= 11 is 1.26. The summed E-state index contributed by atoms with van der Waals surface area (Å²) in [5.74, 6) is -0.522. The van der Waals surface area contributed by atoms with Crippen molar-refractivity contribution in [3.8, 4) is 22.1 Å². The van der Waals surface area contributed by atoms with Crippen molar-refractivity contribution >= 4 is 23.0 Å². The summed E-state index contributed by atoms with van der Waals surface area (Å²) in [7, 11) is 3.08. The van der Waals surface area contributed by atoms with Gasteiger partial charge in [-0.1, -0.05) is 36.4 Å². The summed E-state index contributed by atoms with van der Waals surface area (Å²) in [6.07, 6.45) is 0. The number of methoxy groups -OCH3 is 2. The zero-order valence-electron chi connectivity index (χ0n) is 22.2. The van der Waals surface area contributed by atoms with E-state index < -0.39 is 23.5 Å². The Morgan fingerprint density at radius 1 is 1.08 bits per heavy atom. The predicted molar refractivity (Wildman–Crippen MR) is 148 cm³/mol. The van der Waals surface area contributed by atoms with Crippen LogP contribution in [0.15, 0.2) is 59.9 Å². The highest BCUT2D eigenvalue weighted by Crippen LogP contribution is 2.43. The summed E-state index contributed by atoms with van der Waals surface area (Å²) < 4.78 is 16.3. The van der Waals surface area contributed by atoms with Gasteiger partial charge in [0.2, 0.25) is 5.78 Å². The zero-order chi connectivity index (χ0) is 27.5. The van der Waals surface area contributed by atoms with Crippen molar-refractivity contribution in [1.82, 2.24) is 14.8 Å². The lowest BCUT2D eigenvalue weighted by Crippen LogP contribution is -2.43. The fraction of sp³-hybridized carbons (Fsp3) is 0.345. The van der Waals surface area contributed by atoms with Crippen LogP contribution in [0.1, 0.15) is 27.0 Å². The van der Waals surface area contributed by atoms with E-state index in [1.165, 1.54) is 18.4 Å². The molecule has 3 heterocycles. The molecular formula is C29H31N3O6S. The van der Waals surface area contributed by atoms with Gasteiger partial charge in [0, 0.05) is 31.7 Å². The Labute approximate surface area is 231 Å². The molecule has 39 heavy (non-hydrogen) atoms. The smallest absolute Gasteiger partial charge is 0.290 e. The summed E-state index contributed by atoms with van der Waals surface area (Å²) in [6, 6.07) is 14.1. The Bertz CT molecular complexity index is 1400. The molecule has 0 spiro atoms. The highest BCUT2D eigenvalue weighted by molar-refractivity contribution is 7.17. The average molecular weight is 550 g/mol. The molecule has 2 aromatic carbocycles. The molecule has 0 saturated carbocycles. The Hall–Kier alpha value is -3.73. The molecule has 0 bridgehead atoms. The van der Waals surface area contributed by atoms with E-state index in [4.69, 9.17) is 14.2 Å². The Kier molecular flexibility index (Phi) is 7.97. The van der Waals surface area contributed by atoms with Crippen LogP contribution >= 0.6 is 11.3 Å². The number of morpholine rings is 1. The average Bonchev–Trinajstić information content (AvgIpc) is 3.49. The molecular weight excluding hydrogens is 518 g/mol. The highest BCUT2D eigenvalue weighted by Gasteiger charge is 2.44. The molecule has 10 heteroatoms. The molecule has 204 valence electrons. The standard InChI is InChI=1S/C29H31N3O6S/c1-18-27(39-28(30-18)19-7-5-4-6-8-19)25(33)23-24(20-9-10-21(36-2)22(17-20)37-3)32(29(35)26(23)34)12-11-31-13-15-38-16-14-31/h4-10,17,24,34H,11-16H2,1-3H3. The van der Waals surface area contributed by atoms with Crippen LogP contribution in [0.25, 0.3) is 10.6 Å². The number of benzene rings is 2. The van der Waals surface area contributed by atoms with E-state index in [0.29, 0.717) is 58.9 Å². The molecule has 2 aliphatic heterocycles. The number of nitrogens with zero attached hydrogens (tertiary/aromatic N) is 3. The maximum Gasteiger partial charge on any atom is 0.290 e. The van der Waals surface area contributed by atoms with Crippen LogP contribution in [-0.2, 0) is 9.53 Å². The fourth-order valence-electron chi connectivity index (χ4n) is 4.99. The molecule has 1 unspecified atom stereocenters. The number of aliphatic hydroxyl groups excluding tert-OH is 1. The molecule has 0 radical (unpaired) electrons. The first kappa shape index (κ1) is 26.9. The van der Waals surface area contributed by atoms with E-state index in [9.17, 15) is 14.7 Å². The van der Waals surface area contributed by atoms with Gasteiger partial charge in [-0.3, -0.25) is 14.5 Å². The van der Waals surface area contributed by atoms with Gasteiger partial charge in [-0.15, -0.1) is 11.3 Å². The number of carbonyl (C=O) groups is 2. The topological polar surface area (TPSA) is 101 Å². The SMILES string of the molecule is COc1ccc(C2C(C(=O)c3sc(-c4ccccc4)nc3C)=C(O)C(=O)N2CCN2CCOCC2)cc1OC. The van der Waals surface area contributed by atoms with Gasteiger partial charge in [0.25, 0.3) is 5.91 Å². The fourth-order valence-corrected chi connectivity index (χ4v) is 6.02. The summed E-state index contributed by atoms with van der Waals surface area (Å²) in [6.45, 7) is 5.48. The maximum atomic E-state index is 14.1. The van der Waals surface area contributed by atoms with Gasteiger partial charge < -0.3 is 24.2 Å². The third kappa shape index (κ3) is 5.27. The summed E-state index contributed by atoms with van der Waals surface area (Å²) in [4.78, 5) is 36.3. The van der Waals surface area contributed by atoms with Gasteiger partial charge in [0.15, 0.2) is 17.3 Å². The van der Waals surface area contributed by atoms with Crippen LogP contribution in [0.2, 0.25) is 0 Å². The zero-order valence-corrected chi connectivity index (χ0v) is 23.0. The molecule has 1 amide bonds. The number of aryl methyl sites for hydroxylation is 1. The monoisotopic (exact) mass is 549 g/mol. The van der Waals surface area contributed by atoms with E-state index in [-0.39, 0.29) is 5.57 Å². The number of Topliss-reactive ketones (excluding diaryl/α,β-unsaturated/α-hetero) is 1. The Morgan fingerprint density at radius 3 is 2.49 bits per heavy atom. The van der Waals surface area contributed by atoms with Crippen molar-refractivity contribution in [3.05, 3.63) is 76.0 Å². The van der Waals surface area contributed by atoms with Gasteiger partial charge in [-0.2, -0.15) is 0 Å². The lowest BCUT2D eigenvalue weighted by molar-refractivity contribution is -0.129. The van der Waals surface area contributed by atoms with Crippen LogP contribution in [0.4, 0.5) is 0 Å². The first-order chi connectivity index (χ1) is 18.9. The van der Waals surface area contributed by atoms with Gasteiger partial charge in [0.1, 0.15) is 5.01 Å². The first-order valence-electron chi connectivity index (χ1n) is 12.8. The van der Waals surface area contributed by atoms with Crippen LogP contribution in [-0.4, -0.2) is 85.2 Å². The van der Waals surface area contributed by atoms with Crippen LogP contribution < -0.4 is 9.47 Å². The van der Waals surface area contributed by atoms with Crippen LogP contribution in [0, 0.1) is 6.92 Å².